The highest BCUT2D eigenvalue weighted by atomic mass is 17.2. The Morgan fingerprint density at radius 3 is 1.95 bits per heavy atom. The Hall–Kier alpha value is -4.63. The Labute approximate surface area is 220 Å². The lowest BCUT2D eigenvalue weighted by molar-refractivity contribution is -0.490. The van der Waals surface area contributed by atoms with Crippen LogP contribution in [0.3, 0.4) is 0 Å². The Morgan fingerprint density at radius 1 is 0.795 bits per heavy atom. The zero-order valence-electron chi connectivity index (χ0n) is 20.8. The highest BCUT2D eigenvalue weighted by molar-refractivity contribution is 5.89. The number of carbonyl (C=O) groups is 1. The third kappa shape index (κ3) is 5.21. The molecule has 0 amide bonds. The number of hydrogen-bond acceptors (Lipinski definition) is 13. The highest BCUT2D eigenvalue weighted by Crippen LogP contribution is 2.52. The van der Waals surface area contributed by atoms with E-state index in [0.717, 1.165) is 18.2 Å². The van der Waals surface area contributed by atoms with E-state index >= 15 is 0 Å². The molecule has 2 atom stereocenters. The summed E-state index contributed by atoms with van der Waals surface area (Å²) in [4.78, 5) is 20.6. The molecule has 0 unspecified atom stereocenters. The van der Waals surface area contributed by atoms with Crippen LogP contribution in [0.1, 0.15) is 21.5 Å². The normalized spacial score (nSPS) is 19.8. The molecule has 210 valence electrons. The molecular weight excluding hydrogens is 524 g/mol. The van der Waals surface area contributed by atoms with Crippen LogP contribution in [0.15, 0.2) is 42.5 Å². The minimum Gasteiger partial charge on any atom is -0.508 e. The van der Waals surface area contributed by atoms with Gasteiger partial charge >= 0.3 is 5.97 Å². The molecule has 0 radical (unpaired) electrons. The van der Waals surface area contributed by atoms with Crippen LogP contribution in [0.25, 0.3) is 0 Å². The van der Waals surface area contributed by atoms with Crippen molar-refractivity contribution in [1.29, 1.82) is 0 Å². The van der Waals surface area contributed by atoms with Crippen LogP contribution in [-0.2, 0) is 31.5 Å². The third-order valence-corrected chi connectivity index (χ3v) is 5.84. The first-order valence-electron chi connectivity index (χ1n) is 10.9. The Bertz CT molecular complexity index is 1350. The van der Waals surface area contributed by atoms with E-state index in [1.165, 1.54) is 45.6 Å². The molecule has 3 aromatic carbocycles. The summed E-state index contributed by atoms with van der Waals surface area (Å²) in [6.45, 7) is 0. The molecule has 1 aliphatic rings. The van der Waals surface area contributed by atoms with Gasteiger partial charge in [-0.3, -0.25) is 0 Å². The Balaban J connectivity index is 0.000000293. The summed E-state index contributed by atoms with van der Waals surface area (Å²) in [7, 11) is 3.92. The number of carboxylic acids is 1. The second-order valence-electron chi connectivity index (χ2n) is 8.12. The molecule has 0 aliphatic carbocycles. The average molecular weight is 550 g/mol. The quantitative estimate of drug-likeness (QED) is 0.0954. The van der Waals surface area contributed by atoms with Crippen LogP contribution in [-0.4, -0.2) is 73.9 Å². The number of phenolic OH excluding ortho intramolecular Hbond substituents is 7. The number of aromatic carboxylic acids is 1. The number of fused-ring (bicyclic) bond motifs is 1. The van der Waals surface area contributed by atoms with E-state index in [2.05, 4.69) is 0 Å². The van der Waals surface area contributed by atoms with Crippen LogP contribution >= 0.6 is 0 Å². The van der Waals surface area contributed by atoms with Crippen molar-refractivity contribution >= 4 is 5.97 Å². The molecule has 8 N–H and O–H groups in total. The summed E-state index contributed by atoms with van der Waals surface area (Å²) >= 11 is 0. The fourth-order valence-corrected chi connectivity index (χ4v) is 3.98. The topological polar surface area (TPSA) is 225 Å². The number of carboxylic acid groups (broad SMARTS) is 1. The molecule has 3 aromatic rings. The number of methoxy groups -OCH3 is 2. The molecule has 0 saturated heterocycles. The molecule has 1 heterocycles. The van der Waals surface area contributed by atoms with E-state index in [9.17, 15) is 25.2 Å². The molecule has 14 heteroatoms. The standard InChI is InChI=1S/C18H20O9.C7H6O5/c1-23-17(27-25-3)9-12-14(21)7-11(19)8-16(12)26-18(17,24-2)10-4-5-13(20)15(22)6-10;8-4-1-3(7(11)12)2-5(9)6(4)10/h4-8,19-22H,9H2,1-3H3;1-2,8-10H,(H,11,12)/t17-,18-;/m0./s1. The first kappa shape index (κ1) is 28.9. The molecule has 0 aromatic heterocycles. The molecule has 4 rings (SSSR count). The largest absolute Gasteiger partial charge is 0.508 e. The van der Waals surface area contributed by atoms with Crippen molar-refractivity contribution in [3.8, 4) is 46.0 Å². The first-order valence-corrected chi connectivity index (χ1v) is 10.9. The van der Waals surface area contributed by atoms with Crippen molar-refractivity contribution in [1.82, 2.24) is 0 Å². The summed E-state index contributed by atoms with van der Waals surface area (Å²) in [6.07, 6.45) is -0.0890. The summed E-state index contributed by atoms with van der Waals surface area (Å²) in [6, 6.07) is 8.06. The van der Waals surface area contributed by atoms with Gasteiger partial charge in [0.1, 0.15) is 17.2 Å². The van der Waals surface area contributed by atoms with Crippen molar-refractivity contribution in [3.63, 3.8) is 0 Å². The van der Waals surface area contributed by atoms with Crippen LogP contribution < -0.4 is 4.74 Å². The van der Waals surface area contributed by atoms with E-state index in [4.69, 9.17) is 44.4 Å². The van der Waals surface area contributed by atoms with E-state index in [-0.39, 0.29) is 40.5 Å². The molecule has 0 fully saturated rings. The van der Waals surface area contributed by atoms with Gasteiger partial charge in [-0.15, -0.1) is 0 Å². The highest BCUT2D eigenvalue weighted by Gasteiger charge is 2.63. The second kappa shape index (κ2) is 11.0. The maximum Gasteiger partial charge on any atom is 0.335 e. The van der Waals surface area contributed by atoms with E-state index in [1.807, 2.05) is 0 Å². The molecule has 0 bridgehead atoms. The predicted molar refractivity (Wildman–Crippen MR) is 129 cm³/mol. The lowest BCUT2D eigenvalue weighted by Crippen LogP contribution is -2.62. The van der Waals surface area contributed by atoms with E-state index in [1.54, 1.807) is 0 Å². The third-order valence-electron chi connectivity index (χ3n) is 5.84. The molecule has 14 nitrogen and oxygen atoms in total. The van der Waals surface area contributed by atoms with Crippen molar-refractivity contribution in [3.05, 3.63) is 59.2 Å². The zero-order valence-corrected chi connectivity index (χ0v) is 20.8. The number of ether oxygens (including phenoxy) is 3. The lowest BCUT2D eigenvalue weighted by atomic mass is 9.87. The number of benzene rings is 3. The summed E-state index contributed by atoms with van der Waals surface area (Å²) in [5.74, 6) is -7.99. The van der Waals surface area contributed by atoms with Gasteiger partial charge in [0.15, 0.2) is 28.7 Å². The van der Waals surface area contributed by atoms with Crippen LogP contribution in [0.2, 0.25) is 0 Å². The number of aromatic hydroxyl groups is 7. The first-order chi connectivity index (χ1) is 18.3. The van der Waals surface area contributed by atoms with Gasteiger partial charge in [0.05, 0.1) is 12.7 Å². The lowest BCUT2D eigenvalue weighted by Gasteiger charge is -2.49. The molecular formula is C25H26O14. The van der Waals surface area contributed by atoms with Gasteiger partial charge in [0.2, 0.25) is 0 Å². The molecule has 0 saturated carbocycles. The van der Waals surface area contributed by atoms with Gasteiger partial charge in [-0.2, -0.15) is 4.89 Å². The zero-order chi connectivity index (χ0) is 29.1. The number of rotatable bonds is 6. The summed E-state index contributed by atoms with van der Waals surface area (Å²) in [5.41, 5.74) is 0.234. The van der Waals surface area contributed by atoms with Gasteiger partial charge < -0.3 is 55.1 Å². The van der Waals surface area contributed by atoms with Crippen LogP contribution in [0, 0.1) is 0 Å². The molecule has 0 spiro atoms. The fourth-order valence-electron chi connectivity index (χ4n) is 3.98. The van der Waals surface area contributed by atoms with Crippen molar-refractivity contribution in [2.24, 2.45) is 0 Å². The molecule has 1 aliphatic heterocycles. The van der Waals surface area contributed by atoms with Gasteiger partial charge in [-0.05, 0) is 30.3 Å². The monoisotopic (exact) mass is 550 g/mol. The van der Waals surface area contributed by atoms with Crippen LogP contribution in [0.5, 0.6) is 46.0 Å². The predicted octanol–water partition coefficient (Wildman–Crippen LogP) is 2.37. The molecule has 39 heavy (non-hydrogen) atoms. The van der Waals surface area contributed by atoms with Crippen molar-refractivity contribution in [2.45, 2.75) is 18.0 Å². The minimum atomic E-state index is -1.82. The second-order valence-corrected chi connectivity index (χ2v) is 8.12. The smallest absolute Gasteiger partial charge is 0.335 e. The Kier molecular flexibility index (Phi) is 8.16. The summed E-state index contributed by atoms with van der Waals surface area (Å²) in [5, 5.41) is 74.6. The van der Waals surface area contributed by atoms with Crippen LogP contribution in [0.4, 0.5) is 0 Å². The minimum absolute atomic E-state index is 0.0890. The van der Waals surface area contributed by atoms with Gasteiger partial charge in [0, 0.05) is 43.9 Å². The Morgan fingerprint density at radius 2 is 1.44 bits per heavy atom. The summed E-state index contributed by atoms with van der Waals surface area (Å²) < 4.78 is 17.2. The number of hydrogen-bond donors (Lipinski definition) is 8. The van der Waals surface area contributed by atoms with E-state index in [0.29, 0.717) is 5.56 Å². The van der Waals surface area contributed by atoms with Gasteiger partial charge in [0.25, 0.3) is 11.6 Å². The SMILES string of the molecule is COO[C@@]1(OC)Cc2c(O)cc(O)cc2O[C@@]1(OC)c1ccc(O)c(O)c1.O=C(O)c1cc(O)c(O)c(O)c1. The van der Waals surface area contributed by atoms with Gasteiger partial charge in [-0.25, -0.2) is 9.68 Å². The van der Waals surface area contributed by atoms with Crippen molar-refractivity contribution in [2.75, 3.05) is 21.3 Å². The maximum absolute atomic E-state index is 10.3. The van der Waals surface area contributed by atoms with Gasteiger partial charge in [-0.1, -0.05) is 0 Å². The average Bonchev–Trinajstić information content (AvgIpc) is 2.89. The van der Waals surface area contributed by atoms with E-state index < -0.39 is 40.5 Å². The maximum atomic E-state index is 10.3. The number of phenols is 7. The van der Waals surface area contributed by atoms with Crippen molar-refractivity contribution < 1.29 is 69.6 Å². The fraction of sp³-hybridized carbons (Fsp3) is 0.240.